The second-order valence-corrected chi connectivity index (χ2v) is 11.1. The largest absolute Gasteiger partial charge is 0.454 e. The highest BCUT2D eigenvalue weighted by molar-refractivity contribution is 7.54. The van der Waals surface area contributed by atoms with Crippen LogP contribution in [-0.4, -0.2) is 23.9 Å². The van der Waals surface area contributed by atoms with Gasteiger partial charge < -0.3 is 19.1 Å². The molecule has 0 amide bonds. The van der Waals surface area contributed by atoms with Gasteiger partial charge in [0.15, 0.2) is 5.75 Å². The summed E-state index contributed by atoms with van der Waals surface area (Å²) < 4.78 is 30.6. The van der Waals surface area contributed by atoms with E-state index >= 15 is 0 Å². The van der Waals surface area contributed by atoms with Crippen molar-refractivity contribution in [1.29, 1.82) is 0 Å². The van der Waals surface area contributed by atoms with Crippen molar-refractivity contribution in [2.45, 2.75) is 52.2 Å². The van der Waals surface area contributed by atoms with Gasteiger partial charge in [0.25, 0.3) is 5.69 Å². The maximum absolute atomic E-state index is 13.5. The third-order valence-electron chi connectivity index (χ3n) is 4.72. The molecule has 2 rings (SSSR count). The van der Waals surface area contributed by atoms with Crippen LogP contribution in [0.5, 0.6) is 11.5 Å². The Balaban J connectivity index is 2.34. The van der Waals surface area contributed by atoms with Crippen LogP contribution in [-0.2, 0) is 13.6 Å². The predicted octanol–water partition coefficient (Wildman–Crippen LogP) is 8.93. The van der Waals surface area contributed by atoms with Crippen LogP contribution >= 0.6 is 42.4 Å². The third-order valence-corrected chi connectivity index (χ3v) is 7.67. The molecule has 8 nitrogen and oxygen atoms in total. The topological polar surface area (TPSA) is 99.9 Å². The fraction of sp³-hybridized carbons (Fsp3) is 0.455. The van der Waals surface area contributed by atoms with Crippen LogP contribution in [0.1, 0.15) is 46.5 Å². The molecular weight excluding hydrogens is 526 g/mol. The number of halogens is 3. The van der Waals surface area contributed by atoms with Gasteiger partial charge in [0.1, 0.15) is 17.2 Å². The van der Waals surface area contributed by atoms with Gasteiger partial charge in [0, 0.05) is 17.2 Å². The first kappa shape index (κ1) is 28.7. The maximum Gasteiger partial charge on any atom is 0.352 e. The molecule has 2 aromatic carbocycles. The Morgan fingerprint density at radius 3 is 2.09 bits per heavy atom. The molecule has 0 saturated carbocycles. The van der Waals surface area contributed by atoms with E-state index in [1.807, 2.05) is 13.8 Å². The van der Waals surface area contributed by atoms with Crippen molar-refractivity contribution in [2.75, 3.05) is 18.5 Å². The summed E-state index contributed by atoms with van der Waals surface area (Å²) in [7, 11) is -3.62. The fourth-order valence-corrected chi connectivity index (χ4v) is 5.32. The molecule has 1 atom stereocenters. The molecule has 0 fully saturated rings. The van der Waals surface area contributed by atoms with Crippen LogP contribution in [0.15, 0.2) is 30.3 Å². The first-order chi connectivity index (χ1) is 16.1. The molecule has 0 spiro atoms. The van der Waals surface area contributed by atoms with Crippen LogP contribution < -0.4 is 10.1 Å². The van der Waals surface area contributed by atoms with E-state index in [0.29, 0.717) is 17.9 Å². The zero-order valence-corrected chi connectivity index (χ0v) is 22.3. The zero-order valence-electron chi connectivity index (χ0n) is 19.2. The lowest BCUT2D eigenvalue weighted by molar-refractivity contribution is -0.384. The van der Waals surface area contributed by atoms with Crippen molar-refractivity contribution in [3.63, 3.8) is 0 Å². The van der Waals surface area contributed by atoms with E-state index in [1.54, 1.807) is 6.92 Å². The highest BCUT2D eigenvalue weighted by Crippen LogP contribution is 2.54. The summed E-state index contributed by atoms with van der Waals surface area (Å²) >= 11 is 18.3. The van der Waals surface area contributed by atoms with Crippen molar-refractivity contribution in [2.24, 2.45) is 0 Å². The highest BCUT2D eigenvalue weighted by Gasteiger charge is 2.34. The summed E-state index contributed by atoms with van der Waals surface area (Å²) in [5.41, 5.74) is -0.157. The van der Waals surface area contributed by atoms with Gasteiger partial charge in [-0.05, 0) is 38.0 Å². The van der Waals surface area contributed by atoms with E-state index < -0.39 is 18.3 Å². The average molecular weight is 554 g/mol. The average Bonchev–Trinajstić information content (AvgIpc) is 2.76. The van der Waals surface area contributed by atoms with Gasteiger partial charge >= 0.3 is 7.60 Å². The molecule has 188 valence electrons. The fourth-order valence-electron chi connectivity index (χ4n) is 2.84. The number of rotatable bonds is 14. The minimum absolute atomic E-state index is 0.0783. The standard InChI is InChI=1S/C22H28Cl3N2O6P/c1-4-6-10-31-34(30,32-11-7-5-2)15(3)26-20-14-17(8-9-21(20)27(28)29)33-22-18(24)12-16(23)13-19(22)25/h8-9,12-15,26H,4-7,10-11H2,1-3H3. The van der Waals surface area contributed by atoms with Crippen molar-refractivity contribution in [3.8, 4) is 11.5 Å². The molecule has 12 heteroatoms. The summed E-state index contributed by atoms with van der Waals surface area (Å²) in [6.45, 7) is 6.09. The first-order valence-corrected chi connectivity index (χ1v) is 13.6. The molecule has 34 heavy (non-hydrogen) atoms. The van der Waals surface area contributed by atoms with E-state index in [1.165, 1.54) is 30.3 Å². The van der Waals surface area contributed by atoms with E-state index in [2.05, 4.69) is 5.32 Å². The van der Waals surface area contributed by atoms with Crippen LogP contribution in [0.2, 0.25) is 15.1 Å². The van der Waals surface area contributed by atoms with Gasteiger partial charge in [-0.3, -0.25) is 14.7 Å². The second-order valence-electron chi connectivity index (χ2n) is 7.47. The van der Waals surface area contributed by atoms with Crippen LogP contribution in [0.3, 0.4) is 0 Å². The molecule has 0 aliphatic rings. The Labute approximate surface area is 214 Å². The normalized spacial score (nSPS) is 12.4. The summed E-state index contributed by atoms with van der Waals surface area (Å²) in [5.74, 6) is -0.491. The van der Waals surface area contributed by atoms with E-state index in [0.717, 1.165) is 12.8 Å². The summed E-state index contributed by atoms with van der Waals surface area (Å²) in [5, 5.41) is 15.2. The Morgan fingerprint density at radius 2 is 1.59 bits per heavy atom. The number of unbranched alkanes of at least 4 members (excludes halogenated alkanes) is 2. The van der Waals surface area contributed by atoms with E-state index in [4.69, 9.17) is 48.6 Å². The minimum Gasteiger partial charge on any atom is -0.454 e. The molecule has 0 aromatic heterocycles. The molecule has 0 saturated heterocycles. The number of anilines is 1. The summed E-state index contributed by atoms with van der Waals surface area (Å²) in [6.07, 6.45) is 3.13. The highest BCUT2D eigenvalue weighted by atomic mass is 35.5. The molecule has 0 aliphatic heterocycles. The number of hydrogen-bond acceptors (Lipinski definition) is 7. The molecule has 0 aliphatic carbocycles. The Morgan fingerprint density at radius 1 is 1.03 bits per heavy atom. The molecule has 1 unspecified atom stereocenters. The molecule has 0 heterocycles. The second kappa shape index (κ2) is 13.5. The molecular formula is C22H28Cl3N2O6P. The van der Waals surface area contributed by atoms with Crippen molar-refractivity contribution in [3.05, 3.63) is 55.5 Å². The third kappa shape index (κ3) is 8.01. The zero-order chi connectivity index (χ0) is 25.3. The van der Waals surface area contributed by atoms with Gasteiger partial charge in [-0.1, -0.05) is 61.5 Å². The number of benzene rings is 2. The minimum atomic E-state index is -3.62. The number of nitro groups is 1. The first-order valence-electron chi connectivity index (χ1n) is 10.9. The van der Waals surface area contributed by atoms with Crippen LogP contribution in [0, 0.1) is 10.1 Å². The number of hydrogen-bond donors (Lipinski definition) is 1. The molecule has 0 radical (unpaired) electrons. The van der Waals surface area contributed by atoms with Crippen LogP contribution in [0.25, 0.3) is 0 Å². The van der Waals surface area contributed by atoms with Crippen molar-refractivity contribution in [1.82, 2.24) is 0 Å². The monoisotopic (exact) mass is 552 g/mol. The smallest absolute Gasteiger partial charge is 0.352 e. The quantitative estimate of drug-likeness (QED) is 0.108. The predicted molar refractivity (Wildman–Crippen MR) is 137 cm³/mol. The number of nitrogens with one attached hydrogen (secondary N) is 1. The van der Waals surface area contributed by atoms with Crippen molar-refractivity contribution >= 4 is 53.8 Å². The SMILES string of the molecule is CCCCOP(=O)(OCCCC)C(C)Nc1cc(Oc2c(Cl)cc(Cl)cc2Cl)ccc1[N+](=O)[O-]. The number of nitrogens with zero attached hydrogens (tertiary/aromatic N) is 1. The van der Waals surface area contributed by atoms with E-state index in [9.17, 15) is 14.7 Å². The lowest BCUT2D eigenvalue weighted by Crippen LogP contribution is -2.20. The van der Waals surface area contributed by atoms with Gasteiger partial charge in [-0.15, -0.1) is 0 Å². The van der Waals surface area contributed by atoms with Gasteiger partial charge in [0.2, 0.25) is 0 Å². The van der Waals surface area contributed by atoms with E-state index in [-0.39, 0.29) is 46.1 Å². The lowest BCUT2D eigenvalue weighted by atomic mass is 10.2. The Hall–Kier alpha value is -1.54. The molecule has 2 aromatic rings. The Bertz CT molecular complexity index is 1000. The number of nitro benzene ring substituents is 1. The van der Waals surface area contributed by atoms with Crippen molar-refractivity contribution < 1.29 is 23.3 Å². The van der Waals surface area contributed by atoms with Gasteiger partial charge in [-0.2, -0.15) is 0 Å². The number of ether oxygens (including phenoxy) is 1. The molecule has 1 N–H and O–H groups in total. The Kier molecular flexibility index (Phi) is 11.4. The van der Waals surface area contributed by atoms with Gasteiger partial charge in [0.05, 0.1) is 28.2 Å². The van der Waals surface area contributed by atoms with Crippen LogP contribution in [0.4, 0.5) is 11.4 Å². The van der Waals surface area contributed by atoms with Gasteiger partial charge in [-0.25, -0.2) is 0 Å². The summed E-state index contributed by atoms with van der Waals surface area (Å²) in [4.78, 5) is 11.1. The molecule has 0 bridgehead atoms. The maximum atomic E-state index is 13.5. The summed E-state index contributed by atoms with van der Waals surface area (Å²) in [6, 6.07) is 7.01. The lowest BCUT2D eigenvalue weighted by Gasteiger charge is -2.26.